The smallest absolute Gasteiger partial charge is 0.238 e. The number of aromatic nitrogens is 2. The summed E-state index contributed by atoms with van der Waals surface area (Å²) in [5, 5.41) is 3.77. The molecule has 4 rings (SSSR count). The van der Waals surface area contributed by atoms with Gasteiger partial charge in [-0.05, 0) is 52.4 Å². The van der Waals surface area contributed by atoms with E-state index >= 15 is 0 Å². The van der Waals surface area contributed by atoms with E-state index < -0.39 is 12.4 Å². The van der Waals surface area contributed by atoms with E-state index in [2.05, 4.69) is 9.97 Å². The standard InChI is InChI=1S/C20H14F2N2.C3H6F2/c1-2-14-15-5-3-12-7-8-23-11-17(12)16(15)9-18(21)20(14)13-4-6-19(22)24-10-13;1-2-3(4)5/h3-11H,2H2,1H3;3H,2H2,1H3. The third-order valence-corrected chi connectivity index (χ3v) is 4.68. The number of halogens is 4. The molecular formula is C23H20F4N2. The van der Waals surface area contributed by atoms with E-state index in [0.29, 0.717) is 17.5 Å². The van der Waals surface area contributed by atoms with Crippen molar-refractivity contribution < 1.29 is 17.6 Å². The van der Waals surface area contributed by atoms with Crippen LogP contribution < -0.4 is 0 Å². The van der Waals surface area contributed by atoms with Gasteiger partial charge in [-0.15, -0.1) is 0 Å². The lowest BCUT2D eigenvalue weighted by atomic mass is 9.91. The molecule has 0 atom stereocenters. The number of hydrogen-bond donors (Lipinski definition) is 0. The largest absolute Gasteiger partial charge is 0.264 e. The predicted molar refractivity (Wildman–Crippen MR) is 108 cm³/mol. The number of alkyl halides is 2. The summed E-state index contributed by atoms with van der Waals surface area (Å²) in [6.07, 6.45) is 3.38. The summed E-state index contributed by atoms with van der Waals surface area (Å²) in [5.74, 6) is -0.904. The quantitative estimate of drug-likeness (QED) is 0.211. The number of fused-ring (bicyclic) bond motifs is 3. The zero-order valence-corrected chi connectivity index (χ0v) is 16.1. The van der Waals surface area contributed by atoms with Gasteiger partial charge in [-0.2, -0.15) is 4.39 Å². The van der Waals surface area contributed by atoms with Crippen molar-refractivity contribution in [1.82, 2.24) is 9.97 Å². The molecule has 0 saturated carbocycles. The van der Waals surface area contributed by atoms with E-state index in [9.17, 15) is 17.6 Å². The lowest BCUT2D eigenvalue weighted by Gasteiger charge is -2.14. The third-order valence-electron chi connectivity index (χ3n) is 4.68. The van der Waals surface area contributed by atoms with Crippen molar-refractivity contribution >= 4 is 21.5 Å². The molecule has 2 aromatic heterocycles. The summed E-state index contributed by atoms with van der Waals surface area (Å²) in [6, 6.07) is 10.3. The topological polar surface area (TPSA) is 25.8 Å². The maximum absolute atomic E-state index is 14.9. The molecule has 6 heteroatoms. The average molecular weight is 400 g/mol. The lowest BCUT2D eigenvalue weighted by Crippen LogP contribution is -1.96. The third kappa shape index (κ3) is 4.36. The van der Waals surface area contributed by atoms with E-state index in [1.165, 1.54) is 25.3 Å². The fraction of sp³-hybridized carbons (Fsp3) is 0.217. The monoisotopic (exact) mass is 400 g/mol. The van der Waals surface area contributed by atoms with Gasteiger partial charge in [0.15, 0.2) is 0 Å². The van der Waals surface area contributed by atoms with Gasteiger partial charge in [-0.1, -0.05) is 26.0 Å². The molecule has 2 heterocycles. The molecule has 2 aromatic carbocycles. The van der Waals surface area contributed by atoms with E-state index in [1.807, 2.05) is 25.1 Å². The van der Waals surface area contributed by atoms with Crippen molar-refractivity contribution in [1.29, 1.82) is 0 Å². The first-order chi connectivity index (χ1) is 14.0. The summed E-state index contributed by atoms with van der Waals surface area (Å²) in [6.45, 7) is 3.44. The summed E-state index contributed by atoms with van der Waals surface area (Å²) < 4.78 is 49.6. The van der Waals surface area contributed by atoms with Gasteiger partial charge in [0.2, 0.25) is 12.4 Å². The number of rotatable bonds is 3. The van der Waals surface area contributed by atoms with Gasteiger partial charge < -0.3 is 0 Å². The SMILES string of the molecule is CCC(F)F.CCc1c(-c2ccc(F)nc2)c(F)cc2c1ccc1ccncc12. The van der Waals surface area contributed by atoms with Crippen LogP contribution in [0.4, 0.5) is 17.6 Å². The minimum absolute atomic E-state index is 0.0278. The molecular weight excluding hydrogens is 380 g/mol. The maximum atomic E-state index is 14.9. The highest BCUT2D eigenvalue weighted by Gasteiger charge is 2.16. The fourth-order valence-corrected chi connectivity index (χ4v) is 3.28. The van der Waals surface area contributed by atoms with Crippen molar-refractivity contribution in [2.45, 2.75) is 33.1 Å². The second kappa shape index (κ2) is 8.99. The van der Waals surface area contributed by atoms with Crippen LogP contribution in [0.5, 0.6) is 0 Å². The van der Waals surface area contributed by atoms with Gasteiger partial charge in [0, 0.05) is 41.5 Å². The molecule has 0 amide bonds. The first kappa shape index (κ1) is 20.7. The van der Waals surface area contributed by atoms with E-state index in [1.54, 1.807) is 18.5 Å². The molecule has 2 nitrogen and oxygen atoms in total. The highest BCUT2D eigenvalue weighted by atomic mass is 19.3. The van der Waals surface area contributed by atoms with Crippen molar-refractivity contribution in [3.63, 3.8) is 0 Å². The normalized spacial score (nSPS) is 11.0. The molecule has 0 aliphatic heterocycles. The van der Waals surface area contributed by atoms with Gasteiger partial charge in [0.1, 0.15) is 5.82 Å². The lowest BCUT2D eigenvalue weighted by molar-refractivity contribution is 0.144. The Morgan fingerprint density at radius 1 is 0.897 bits per heavy atom. The van der Waals surface area contributed by atoms with Crippen LogP contribution in [0.25, 0.3) is 32.7 Å². The average Bonchev–Trinajstić information content (AvgIpc) is 2.74. The summed E-state index contributed by atoms with van der Waals surface area (Å²) in [5.41, 5.74) is 1.96. The Kier molecular flexibility index (Phi) is 6.42. The second-order valence-electron chi connectivity index (χ2n) is 6.49. The van der Waals surface area contributed by atoms with Crippen LogP contribution in [0.3, 0.4) is 0 Å². The molecule has 0 bridgehead atoms. The van der Waals surface area contributed by atoms with Crippen LogP contribution in [-0.4, -0.2) is 16.4 Å². The van der Waals surface area contributed by atoms with E-state index in [4.69, 9.17) is 0 Å². The summed E-state index contributed by atoms with van der Waals surface area (Å²) in [7, 11) is 0. The van der Waals surface area contributed by atoms with Gasteiger partial charge in [0.05, 0.1) is 0 Å². The molecule has 0 aliphatic carbocycles. The number of benzene rings is 2. The predicted octanol–water partition coefficient (Wildman–Crippen LogP) is 6.95. The number of nitrogens with zero attached hydrogens (tertiary/aromatic N) is 2. The Balaban J connectivity index is 0.000000431. The van der Waals surface area contributed by atoms with Crippen LogP contribution in [0, 0.1) is 11.8 Å². The summed E-state index contributed by atoms with van der Waals surface area (Å²) >= 11 is 0. The minimum Gasteiger partial charge on any atom is -0.264 e. The van der Waals surface area contributed by atoms with Crippen molar-refractivity contribution in [3.8, 4) is 11.1 Å². The number of pyridine rings is 2. The van der Waals surface area contributed by atoms with Crippen LogP contribution in [0.15, 0.2) is 55.0 Å². The van der Waals surface area contributed by atoms with Crippen LogP contribution in [0.2, 0.25) is 0 Å². The van der Waals surface area contributed by atoms with Gasteiger partial charge in [-0.3, -0.25) is 4.98 Å². The Bertz CT molecular complexity index is 1130. The molecule has 0 unspecified atom stereocenters. The molecule has 0 aliphatic rings. The highest BCUT2D eigenvalue weighted by Crippen LogP contribution is 2.36. The van der Waals surface area contributed by atoms with Crippen molar-refractivity contribution in [2.75, 3.05) is 0 Å². The minimum atomic E-state index is -2.12. The zero-order chi connectivity index (χ0) is 21.0. The summed E-state index contributed by atoms with van der Waals surface area (Å²) in [4.78, 5) is 7.82. The Morgan fingerprint density at radius 2 is 1.66 bits per heavy atom. The molecule has 4 aromatic rings. The zero-order valence-electron chi connectivity index (χ0n) is 16.1. The fourth-order valence-electron chi connectivity index (χ4n) is 3.28. The first-order valence-corrected chi connectivity index (χ1v) is 9.34. The first-order valence-electron chi connectivity index (χ1n) is 9.34. The van der Waals surface area contributed by atoms with Crippen LogP contribution in [0.1, 0.15) is 25.8 Å². The Hall–Kier alpha value is -3.02. The van der Waals surface area contributed by atoms with Gasteiger partial charge >= 0.3 is 0 Å². The van der Waals surface area contributed by atoms with E-state index in [0.717, 1.165) is 27.1 Å². The molecule has 0 N–H and O–H groups in total. The Labute approximate surface area is 166 Å². The van der Waals surface area contributed by atoms with Crippen molar-refractivity contribution in [3.05, 3.63) is 72.3 Å². The Morgan fingerprint density at radius 3 is 2.28 bits per heavy atom. The molecule has 29 heavy (non-hydrogen) atoms. The molecule has 150 valence electrons. The maximum Gasteiger partial charge on any atom is 0.238 e. The van der Waals surface area contributed by atoms with Gasteiger partial charge in [-0.25, -0.2) is 18.2 Å². The molecule has 0 fully saturated rings. The van der Waals surface area contributed by atoms with Crippen LogP contribution in [-0.2, 0) is 6.42 Å². The number of aryl methyl sites for hydroxylation is 1. The van der Waals surface area contributed by atoms with Crippen LogP contribution >= 0.6 is 0 Å². The molecule has 0 saturated heterocycles. The van der Waals surface area contributed by atoms with Gasteiger partial charge in [0.25, 0.3) is 0 Å². The number of hydrogen-bond acceptors (Lipinski definition) is 2. The van der Waals surface area contributed by atoms with E-state index in [-0.39, 0.29) is 12.2 Å². The second-order valence-corrected chi connectivity index (χ2v) is 6.49. The molecule has 0 radical (unpaired) electrons. The molecule has 0 spiro atoms. The highest BCUT2D eigenvalue weighted by molar-refractivity contribution is 6.09. The van der Waals surface area contributed by atoms with Crippen molar-refractivity contribution in [2.24, 2.45) is 0 Å².